The van der Waals surface area contributed by atoms with Gasteiger partial charge in [0, 0.05) is 13.2 Å². The molecule has 0 aliphatic carbocycles. The first-order chi connectivity index (χ1) is 10.3. The number of anilines is 1. The second-order valence-corrected chi connectivity index (χ2v) is 6.41. The molecule has 0 saturated heterocycles. The number of amides is 1. The van der Waals surface area contributed by atoms with Crippen LogP contribution in [0, 0.1) is 0 Å². The third kappa shape index (κ3) is 3.45. The van der Waals surface area contributed by atoms with E-state index in [2.05, 4.69) is 44.6 Å². The molecule has 1 amide bonds. The minimum Gasteiger partial charge on any atom is -0.301 e. The summed E-state index contributed by atoms with van der Waals surface area (Å²) in [7, 11) is 1.84. The maximum absolute atomic E-state index is 12.3. The van der Waals surface area contributed by atoms with Gasteiger partial charge in [-0.2, -0.15) is 5.10 Å². The molecule has 0 fully saturated rings. The molecule has 0 N–H and O–H groups in total. The fourth-order valence-electron chi connectivity index (χ4n) is 2.51. The molecule has 22 heavy (non-hydrogen) atoms. The van der Waals surface area contributed by atoms with Crippen LogP contribution in [0.15, 0.2) is 49.3 Å². The third-order valence-electron chi connectivity index (χ3n) is 3.60. The highest BCUT2D eigenvalue weighted by Crippen LogP contribution is 2.28. The molecule has 1 aromatic heterocycles. The summed E-state index contributed by atoms with van der Waals surface area (Å²) in [4.78, 5) is 14.0. The van der Waals surface area contributed by atoms with Crippen molar-refractivity contribution in [1.82, 2.24) is 9.78 Å². The van der Waals surface area contributed by atoms with Crippen molar-refractivity contribution < 1.29 is 4.79 Å². The van der Waals surface area contributed by atoms with Gasteiger partial charge in [-0.15, -0.1) is 0 Å². The molecule has 1 aromatic carbocycles. The number of rotatable bonds is 4. The number of aryl methyl sites for hydroxylation is 1. The molecule has 0 aliphatic rings. The zero-order valence-electron chi connectivity index (χ0n) is 13.7. The molecule has 4 heteroatoms. The fourth-order valence-corrected chi connectivity index (χ4v) is 2.51. The van der Waals surface area contributed by atoms with Crippen molar-refractivity contribution in [2.75, 3.05) is 4.90 Å². The molecule has 0 aliphatic heterocycles. The Labute approximate surface area is 132 Å². The molecular weight excluding hydrogens is 274 g/mol. The first-order valence-corrected chi connectivity index (χ1v) is 7.34. The molecule has 2 aromatic rings. The fraction of sp³-hybridized carbons (Fsp3) is 0.333. The van der Waals surface area contributed by atoms with Crippen LogP contribution >= 0.6 is 0 Å². The second-order valence-electron chi connectivity index (χ2n) is 6.41. The van der Waals surface area contributed by atoms with E-state index < -0.39 is 0 Å². The predicted molar refractivity (Wildman–Crippen MR) is 89.7 cm³/mol. The Balaban J connectivity index is 2.41. The van der Waals surface area contributed by atoms with Crippen molar-refractivity contribution in [2.24, 2.45) is 7.05 Å². The summed E-state index contributed by atoms with van der Waals surface area (Å²) in [6.07, 6.45) is 4.87. The molecular formula is C18H23N3O. The van der Waals surface area contributed by atoms with E-state index in [0.717, 1.165) is 11.3 Å². The van der Waals surface area contributed by atoms with Crippen LogP contribution in [-0.2, 0) is 23.8 Å². The lowest BCUT2D eigenvalue weighted by atomic mass is 9.83. The van der Waals surface area contributed by atoms with Gasteiger partial charge in [0.2, 0.25) is 0 Å². The average Bonchev–Trinajstić information content (AvgIpc) is 2.89. The highest BCUT2D eigenvalue weighted by atomic mass is 16.2. The number of hydrogen-bond donors (Lipinski definition) is 0. The summed E-state index contributed by atoms with van der Waals surface area (Å²) in [6.45, 7) is 10.6. The van der Waals surface area contributed by atoms with E-state index in [4.69, 9.17) is 0 Å². The SMILES string of the molecule is C=CC(=O)N(Cc1ccccc1C(C)(C)C)c1cnn(C)c1. The minimum absolute atomic E-state index is 0.0222. The molecule has 2 rings (SSSR count). The van der Waals surface area contributed by atoms with Crippen molar-refractivity contribution >= 4 is 11.6 Å². The molecule has 0 unspecified atom stereocenters. The van der Waals surface area contributed by atoms with Crippen LogP contribution in [-0.4, -0.2) is 15.7 Å². The molecule has 0 bridgehead atoms. The van der Waals surface area contributed by atoms with Crippen molar-refractivity contribution in [1.29, 1.82) is 0 Å². The monoisotopic (exact) mass is 297 g/mol. The summed E-state index contributed by atoms with van der Waals surface area (Å²) < 4.78 is 1.69. The highest BCUT2D eigenvalue weighted by molar-refractivity contribution is 6.00. The Kier molecular flexibility index (Phi) is 4.50. The summed E-state index contributed by atoms with van der Waals surface area (Å²) in [5.74, 6) is -0.128. The summed E-state index contributed by atoms with van der Waals surface area (Å²) >= 11 is 0. The molecule has 0 spiro atoms. The third-order valence-corrected chi connectivity index (χ3v) is 3.60. The van der Waals surface area contributed by atoms with Crippen LogP contribution in [0.5, 0.6) is 0 Å². The molecule has 116 valence electrons. The lowest BCUT2D eigenvalue weighted by Crippen LogP contribution is -2.29. The van der Waals surface area contributed by atoms with Gasteiger partial charge in [0.15, 0.2) is 0 Å². The van der Waals surface area contributed by atoms with Gasteiger partial charge in [-0.25, -0.2) is 0 Å². The van der Waals surface area contributed by atoms with Crippen LogP contribution in [0.2, 0.25) is 0 Å². The van der Waals surface area contributed by atoms with E-state index in [0.29, 0.717) is 6.54 Å². The second kappa shape index (κ2) is 6.18. The Hall–Kier alpha value is -2.36. The minimum atomic E-state index is -0.128. The van der Waals surface area contributed by atoms with Crippen molar-refractivity contribution in [3.63, 3.8) is 0 Å². The van der Waals surface area contributed by atoms with E-state index in [1.165, 1.54) is 11.6 Å². The number of nitrogens with zero attached hydrogens (tertiary/aromatic N) is 3. The van der Waals surface area contributed by atoms with Crippen molar-refractivity contribution in [2.45, 2.75) is 32.7 Å². The van der Waals surface area contributed by atoms with E-state index >= 15 is 0 Å². The Bertz CT molecular complexity index is 680. The van der Waals surface area contributed by atoms with Gasteiger partial charge in [0.25, 0.3) is 5.91 Å². The number of hydrogen-bond acceptors (Lipinski definition) is 2. The lowest BCUT2D eigenvalue weighted by molar-refractivity contribution is -0.114. The first kappa shape index (κ1) is 16.0. The van der Waals surface area contributed by atoms with Crippen LogP contribution in [0.25, 0.3) is 0 Å². The number of carbonyl (C=O) groups is 1. The predicted octanol–water partition coefficient (Wildman–Crippen LogP) is 3.44. The summed E-state index contributed by atoms with van der Waals surface area (Å²) in [5, 5.41) is 4.16. The van der Waals surface area contributed by atoms with Gasteiger partial charge < -0.3 is 4.90 Å². The molecule has 4 nitrogen and oxygen atoms in total. The standard InChI is InChI=1S/C18H23N3O/c1-6-17(22)21(15-11-19-20(5)13-15)12-14-9-7-8-10-16(14)18(2,3)4/h6-11,13H,1,12H2,2-5H3. The van der Waals surface area contributed by atoms with Gasteiger partial charge in [-0.05, 0) is 22.6 Å². The van der Waals surface area contributed by atoms with Gasteiger partial charge in [0.1, 0.15) is 0 Å². The summed E-state index contributed by atoms with van der Waals surface area (Å²) in [5.41, 5.74) is 3.17. The average molecular weight is 297 g/mol. The van der Waals surface area contributed by atoms with Gasteiger partial charge in [-0.1, -0.05) is 51.6 Å². The highest BCUT2D eigenvalue weighted by Gasteiger charge is 2.21. The molecule has 0 saturated carbocycles. The molecule has 0 radical (unpaired) electrons. The Morgan fingerprint density at radius 2 is 2.05 bits per heavy atom. The zero-order chi connectivity index (χ0) is 16.3. The lowest BCUT2D eigenvalue weighted by Gasteiger charge is -2.26. The quantitative estimate of drug-likeness (QED) is 0.811. The van der Waals surface area contributed by atoms with Crippen LogP contribution < -0.4 is 4.90 Å². The normalized spacial score (nSPS) is 11.3. The Morgan fingerprint density at radius 3 is 2.59 bits per heavy atom. The van der Waals surface area contributed by atoms with Crippen molar-refractivity contribution in [3.8, 4) is 0 Å². The van der Waals surface area contributed by atoms with E-state index in [9.17, 15) is 4.79 Å². The van der Waals surface area contributed by atoms with Gasteiger partial charge in [0.05, 0.1) is 18.4 Å². The summed E-state index contributed by atoms with van der Waals surface area (Å²) in [6, 6.07) is 8.23. The van der Waals surface area contributed by atoms with E-state index in [1.807, 2.05) is 25.4 Å². The van der Waals surface area contributed by atoms with Crippen molar-refractivity contribution in [3.05, 3.63) is 60.4 Å². The van der Waals surface area contributed by atoms with E-state index in [1.54, 1.807) is 15.8 Å². The number of benzene rings is 1. The molecule has 1 heterocycles. The van der Waals surface area contributed by atoms with Crippen LogP contribution in [0.1, 0.15) is 31.9 Å². The first-order valence-electron chi connectivity index (χ1n) is 7.34. The number of carbonyl (C=O) groups excluding carboxylic acids is 1. The number of aromatic nitrogens is 2. The maximum atomic E-state index is 12.3. The Morgan fingerprint density at radius 1 is 1.36 bits per heavy atom. The smallest absolute Gasteiger partial charge is 0.250 e. The maximum Gasteiger partial charge on any atom is 0.250 e. The topological polar surface area (TPSA) is 38.1 Å². The van der Waals surface area contributed by atoms with Gasteiger partial charge >= 0.3 is 0 Å². The molecule has 0 atom stereocenters. The van der Waals surface area contributed by atoms with Gasteiger partial charge in [-0.3, -0.25) is 9.48 Å². The van der Waals surface area contributed by atoms with Crippen LogP contribution in [0.4, 0.5) is 5.69 Å². The largest absolute Gasteiger partial charge is 0.301 e. The zero-order valence-corrected chi connectivity index (χ0v) is 13.7. The van der Waals surface area contributed by atoms with Crippen LogP contribution in [0.3, 0.4) is 0 Å². The van der Waals surface area contributed by atoms with E-state index in [-0.39, 0.29) is 11.3 Å².